The summed E-state index contributed by atoms with van der Waals surface area (Å²) in [5.41, 5.74) is 2.36. The van der Waals surface area contributed by atoms with Crippen LogP contribution < -0.4 is 9.16 Å². The maximum atomic E-state index is 13.4. The van der Waals surface area contributed by atoms with Crippen LogP contribution in [0.4, 0.5) is 4.39 Å². The van der Waals surface area contributed by atoms with Gasteiger partial charge in [-0.05, 0) is 59.3 Å². The minimum Gasteiger partial charge on any atom is -0.543 e. The number of fused-ring (bicyclic) bond motifs is 1. The normalized spacial score (nSPS) is 22.3. The minimum atomic E-state index is -2.06. The number of methoxy groups -OCH3 is 1. The van der Waals surface area contributed by atoms with E-state index < -0.39 is 13.9 Å². The molecule has 0 aliphatic carbocycles. The molecule has 1 saturated heterocycles. The second-order valence-electron chi connectivity index (χ2n) is 11.7. The lowest BCUT2D eigenvalue weighted by molar-refractivity contribution is -0.0750. The van der Waals surface area contributed by atoms with Gasteiger partial charge >= 0.3 is 0 Å². The summed E-state index contributed by atoms with van der Waals surface area (Å²) in [6, 6.07) is 12.5. The van der Waals surface area contributed by atoms with Gasteiger partial charge in [-0.15, -0.1) is 0 Å². The Morgan fingerprint density at radius 2 is 1.57 bits per heavy atom. The van der Waals surface area contributed by atoms with Gasteiger partial charge in [0.2, 0.25) is 0 Å². The Morgan fingerprint density at radius 3 is 2.11 bits per heavy atom. The van der Waals surface area contributed by atoms with Gasteiger partial charge < -0.3 is 19.0 Å². The number of aliphatic hydroxyl groups is 1. The Morgan fingerprint density at radius 1 is 0.973 bits per heavy atom. The van der Waals surface area contributed by atoms with Crippen LogP contribution in [0.5, 0.6) is 11.5 Å². The van der Waals surface area contributed by atoms with Crippen molar-refractivity contribution < 1.29 is 23.4 Å². The number of hydrogen-bond acceptors (Lipinski definition) is 5. The van der Waals surface area contributed by atoms with Gasteiger partial charge in [-0.25, -0.2) is 4.39 Å². The van der Waals surface area contributed by atoms with Crippen LogP contribution in [0.1, 0.15) is 71.6 Å². The molecule has 0 spiro atoms. The summed E-state index contributed by atoms with van der Waals surface area (Å²) < 4.78 is 32.6. The summed E-state index contributed by atoms with van der Waals surface area (Å²) in [6.45, 7) is 15.7. The first-order valence-electron chi connectivity index (χ1n) is 13.7. The number of piperidine rings is 1. The highest BCUT2D eigenvalue weighted by molar-refractivity contribution is 6.78. The molecule has 7 heteroatoms. The van der Waals surface area contributed by atoms with E-state index in [1.807, 2.05) is 0 Å². The molecule has 1 N–H and O–H groups in total. The van der Waals surface area contributed by atoms with Gasteiger partial charge in [0.1, 0.15) is 30.0 Å². The predicted molar refractivity (Wildman–Crippen MR) is 148 cm³/mol. The number of rotatable bonds is 8. The maximum Gasteiger partial charge on any atom is 0.258 e. The fourth-order valence-electron chi connectivity index (χ4n) is 6.82. The van der Waals surface area contributed by atoms with Gasteiger partial charge in [-0.2, -0.15) is 0 Å². The molecule has 2 aliphatic heterocycles. The van der Waals surface area contributed by atoms with Crippen molar-refractivity contribution in [3.05, 3.63) is 59.4 Å². The third-order valence-electron chi connectivity index (χ3n) is 8.78. The van der Waals surface area contributed by atoms with E-state index in [2.05, 4.69) is 64.6 Å². The second-order valence-corrected chi connectivity index (χ2v) is 17.1. The molecule has 2 aliphatic rings. The predicted octanol–water partition coefficient (Wildman–Crippen LogP) is 6.81. The van der Waals surface area contributed by atoms with Gasteiger partial charge in [0.25, 0.3) is 8.32 Å². The van der Waals surface area contributed by atoms with E-state index in [1.165, 1.54) is 12.1 Å². The van der Waals surface area contributed by atoms with Crippen molar-refractivity contribution in [3.63, 3.8) is 0 Å². The van der Waals surface area contributed by atoms with Gasteiger partial charge in [-0.1, -0.05) is 53.7 Å². The van der Waals surface area contributed by atoms with Crippen molar-refractivity contribution in [1.82, 2.24) is 4.90 Å². The quantitative estimate of drug-likeness (QED) is 0.381. The van der Waals surface area contributed by atoms with E-state index in [-0.39, 0.29) is 18.0 Å². The first-order valence-corrected chi connectivity index (χ1v) is 15.9. The van der Waals surface area contributed by atoms with Crippen LogP contribution in [-0.2, 0) is 10.3 Å². The van der Waals surface area contributed by atoms with Crippen molar-refractivity contribution >= 4 is 8.32 Å². The summed E-state index contributed by atoms with van der Waals surface area (Å²) in [5, 5.41) is 11.2. The molecule has 0 radical (unpaired) electrons. The van der Waals surface area contributed by atoms with Crippen LogP contribution >= 0.6 is 0 Å². The van der Waals surface area contributed by atoms with E-state index in [9.17, 15) is 9.50 Å². The summed E-state index contributed by atoms with van der Waals surface area (Å²) in [4.78, 5) is 2.35. The average Bonchev–Trinajstić information content (AvgIpc) is 2.86. The number of nitrogens with zero attached hydrogens (tertiary/aromatic N) is 1. The molecule has 37 heavy (non-hydrogen) atoms. The van der Waals surface area contributed by atoms with Crippen LogP contribution in [0.15, 0.2) is 42.5 Å². The Labute approximate surface area is 223 Å². The van der Waals surface area contributed by atoms with Crippen LogP contribution in [0.25, 0.3) is 0 Å². The monoisotopic (exact) mass is 529 g/mol. The third kappa shape index (κ3) is 5.33. The molecule has 0 amide bonds. The van der Waals surface area contributed by atoms with Crippen LogP contribution in [0, 0.1) is 5.82 Å². The van der Waals surface area contributed by atoms with Crippen molar-refractivity contribution in [1.29, 1.82) is 0 Å². The second kappa shape index (κ2) is 11.0. The molecule has 0 unspecified atom stereocenters. The zero-order valence-corrected chi connectivity index (χ0v) is 24.5. The average molecular weight is 530 g/mol. The zero-order chi connectivity index (χ0) is 27.0. The minimum absolute atomic E-state index is 0.0532. The largest absolute Gasteiger partial charge is 0.543 e. The van der Waals surface area contributed by atoms with E-state index in [0.717, 1.165) is 22.6 Å². The number of likely N-dealkylation sites (tertiary alicyclic amines) is 1. The van der Waals surface area contributed by atoms with Crippen molar-refractivity contribution in [2.45, 2.75) is 88.8 Å². The Kier molecular flexibility index (Phi) is 8.39. The van der Waals surface area contributed by atoms with Crippen molar-refractivity contribution in [3.8, 4) is 11.5 Å². The summed E-state index contributed by atoms with van der Waals surface area (Å²) in [7, 11) is -0.310. The molecule has 2 aromatic rings. The molecule has 1 fully saturated rings. The molecule has 0 saturated carbocycles. The van der Waals surface area contributed by atoms with Gasteiger partial charge in [0, 0.05) is 31.8 Å². The highest BCUT2D eigenvalue weighted by atomic mass is 28.4. The Balaban J connectivity index is 1.50. The van der Waals surface area contributed by atoms with Gasteiger partial charge in [-0.3, -0.25) is 4.90 Å². The topological polar surface area (TPSA) is 51.2 Å². The molecule has 2 aromatic carbocycles. The molecule has 2 heterocycles. The summed E-state index contributed by atoms with van der Waals surface area (Å²) in [6.07, 6.45) is 1.03. The Hall–Kier alpha value is -1.93. The first-order chi connectivity index (χ1) is 17.5. The molecule has 204 valence electrons. The van der Waals surface area contributed by atoms with Gasteiger partial charge in [0.05, 0.1) is 11.6 Å². The smallest absolute Gasteiger partial charge is 0.258 e. The van der Waals surface area contributed by atoms with E-state index >= 15 is 0 Å². The fourth-order valence-corrected chi connectivity index (χ4v) is 12.1. The Bertz CT molecular complexity index is 1030. The summed E-state index contributed by atoms with van der Waals surface area (Å²) >= 11 is 0. The zero-order valence-electron chi connectivity index (χ0n) is 23.5. The van der Waals surface area contributed by atoms with Crippen LogP contribution in [-0.4, -0.2) is 51.2 Å². The number of ether oxygens (including phenoxy) is 2. The maximum absolute atomic E-state index is 13.4. The summed E-state index contributed by atoms with van der Waals surface area (Å²) in [5.74, 6) is 1.43. The van der Waals surface area contributed by atoms with E-state index in [1.54, 1.807) is 19.2 Å². The third-order valence-corrected chi connectivity index (χ3v) is 14.8. The number of benzene rings is 2. The van der Waals surface area contributed by atoms with Crippen LogP contribution in [0.2, 0.25) is 16.6 Å². The number of halogens is 1. The van der Waals surface area contributed by atoms with Crippen LogP contribution in [0.3, 0.4) is 0 Å². The highest BCUT2D eigenvalue weighted by Crippen LogP contribution is 2.45. The molecule has 5 nitrogen and oxygen atoms in total. The SMILES string of the molecule is CO[C@H]1c2ccc(O[Si](C(C)C)(C(C)C)C(C)C)cc2OC[C@H]1N1CCC(O)(c2ccc(F)cc2)CC1. The van der Waals surface area contributed by atoms with E-state index in [4.69, 9.17) is 13.9 Å². The molecule has 2 atom stereocenters. The molecular weight excluding hydrogens is 485 g/mol. The lowest BCUT2D eigenvalue weighted by atomic mass is 9.83. The first kappa shape index (κ1) is 28.1. The van der Waals surface area contributed by atoms with Crippen molar-refractivity contribution in [2.75, 3.05) is 26.8 Å². The standard InChI is InChI=1S/C30H44FNO4Si/c1-20(2)37(21(3)4,22(5)6)36-25-12-13-26-28(18-25)35-19-27(29(26)34-7)32-16-14-30(33,15-17-32)23-8-10-24(31)11-9-23/h8-13,18,20-22,27,29,33H,14-17,19H2,1-7H3/t27-,29+/m1/s1. The lowest BCUT2D eigenvalue weighted by Gasteiger charge is -2.45. The molecular formula is C30H44FNO4Si. The molecule has 4 rings (SSSR count). The van der Waals surface area contributed by atoms with Gasteiger partial charge in [0.15, 0.2) is 0 Å². The fraction of sp³-hybridized carbons (Fsp3) is 0.600. The molecule has 0 bridgehead atoms. The number of hydrogen-bond donors (Lipinski definition) is 1. The van der Waals surface area contributed by atoms with E-state index in [0.29, 0.717) is 49.2 Å². The van der Waals surface area contributed by atoms with Crippen molar-refractivity contribution in [2.24, 2.45) is 0 Å². The highest BCUT2D eigenvalue weighted by Gasteiger charge is 2.47. The lowest BCUT2D eigenvalue weighted by Crippen LogP contribution is -2.52. The molecule has 0 aromatic heterocycles.